The third kappa shape index (κ3) is 7.21. The average molecular weight is 463 g/mol. The van der Waals surface area contributed by atoms with E-state index >= 15 is 0 Å². The average Bonchev–Trinajstić information content (AvgIpc) is 2.75. The molecule has 2 aromatic carbocycles. The van der Waals surface area contributed by atoms with Crippen LogP contribution in [0.2, 0.25) is 10.0 Å². The van der Waals surface area contributed by atoms with Gasteiger partial charge in [-0.15, -0.1) is 0 Å². The zero-order valence-electron chi connectivity index (χ0n) is 17.6. The Hall–Kier alpha value is -2.12. The lowest BCUT2D eigenvalue weighted by Crippen LogP contribution is -2.52. The molecule has 31 heavy (non-hydrogen) atoms. The SMILES string of the molecule is CC1CN(CCC(=O)Nc2ccccc2Cl)CCN1CCC(=O)Nc1ccccc1Cl. The molecule has 8 heteroatoms. The Morgan fingerprint density at radius 1 is 0.871 bits per heavy atom. The third-order valence-corrected chi connectivity index (χ3v) is 6.09. The number of hydrogen-bond donors (Lipinski definition) is 2. The highest BCUT2D eigenvalue weighted by Crippen LogP contribution is 2.21. The Morgan fingerprint density at radius 3 is 1.90 bits per heavy atom. The van der Waals surface area contributed by atoms with Gasteiger partial charge in [-0.25, -0.2) is 0 Å². The van der Waals surface area contributed by atoms with Crippen LogP contribution in [0.5, 0.6) is 0 Å². The molecule has 1 saturated heterocycles. The highest BCUT2D eigenvalue weighted by atomic mass is 35.5. The van der Waals surface area contributed by atoms with Gasteiger partial charge in [-0.1, -0.05) is 47.5 Å². The van der Waals surface area contributed by atoms with Crippen LogP contribution in [0, 0.1) is 0 Å². The number of nitrogens with zero attached hydrogens (tertiary/aromatic N) is 2. The van der Waals surface area contributed by atoms with Crippen LogP contribution >= 0.6 is 23.2 Å². The molecule has 2 aromatic rings. The number of piperazine rings is 1. The van der Waals surface area contributed by atoms with Crippen molar-refractivity contribution < 1.29 is 9.59 Å². The molecule has 0 radical (unpaired) electrons. The number of anilines is 2. The highest BCUT2D eigenvalue weighted by molar-refractivity contribution is 6.34. The summed E-state index contributed by atoms with van der Waals surface area (Å²) < 4.78 is 0. The van der Waals surface area contributed by atoms with Crippen molar-refractivity contribution in [1.29, 1.82) is 0 Å². The second kappa shape index (κ2) is 11.5. The summed E-state index contributed by atoms with van der Waals surface area (Å²) in [6, 6.07) is 14.8. The molecular weight excluding hydrogens is 435 g/mol. The Balaban J connectivity index is 1.37. The van der Waals surface area contributed by atoms with Gasteiger partial charge in [-0.3, -0.25) is 14.5 Å². The molecule has 0 spiro atoms. The van der Waals surface area contributed by atoms with E-state index in [0.29, 0.717) is 53.4 Å². The first-order valence-corrected chi connectivity index (χ1v) is 11.2. The summed E-state index contributed by atoms with van der Waals surface area (Å²) in [5.41, 5.74) is 1.28. The molecule has 6 nitrogen and oxygen atoms in total. The third-order valence-electron chi connectivity index (χ3n) is 5.43. The summed E-state index contributed by atoms with van der Waals surface area (Å²) in [4.78, 5) is 29.1. The molecule has 1 fully saturated rings. The van der Waals surface area contributed by atoms with Crippen molar-refractivity contribution in [3.63, 3.8) is 0 Å². The van der Waals surface area contributed by atoms with E-state index in [-0.39, 0.29) is 11.8 Å². The molecule has 0 bridgehead atoms. The largest absolute Gasteiger partial charge is 0.325 e. The zero-order valence-corrected chi connectivity index (χ0v) is 19.1. The number of nitrogens with one attached hydrogen (secondary N) is 2. The van der Waals surface area contributed by atoms with Gasteiger partial charge in [0, 0.05) is 51.6 Å². The van der Waals surface area contributed by atoms with E-state index < -0.39 is 0 Å². The first-order valence-electron chi connectivity index (χ1n) is 10.5. The molecule has 3 rings (SSSR count). The molecule has 0 saturated carbocycles. The van der Waals surface area contributed by atoms with E-state index in [4.69, 9.17) is 23.2 Å². The predicted molar refractivity (Wildman–Crippen MR) is 127 cm³/mol. The Morgan fingerprint density at radius 2 is 1.39 bits per heavy atom. The first kappa shape index (κ1) is 23.5. The van der Waals surface area contributed by atoms with Crippen molar-refractivity contribution in [2.24, 2.45) is 0 Å². The summed E-state index contributed by atoms with van der Waals surface area (Å²) in [7, 11) is 0. The van der Waals surface area contributed by atoms with E-state index in [1.165, 1.54) is 0 Å². The number of halogens is 2. The minimum Gasteiger partial charge on any atom is -0.325 e. The number of amides is 2. The van der Waals surface area contributed by atoms with Crippen molar-refractivity contribution in [2.75, 3.05) is 43.4 Å². The van der Waals surface area contributed by atoms with E-state index in [1.807, 2.05) is 24.3 Å². The van der Waals surface area contributed by atoms with E-state index in [1.54, 1.807) is 24.3 Å². The summed E-state index contributed by atoms with van der Waals surface area (Å²) >= 11 is 12.2. The van der Waals surface area contributed by atoms with Crippen LogP contribution in [0.3, 0.4) is 0 Å². The molecule has 0 aromatic heterocycles. The fourth-order valence-corrected chi connectivity index (χ4v) is 4.03. The lowest BCUT2D eigenvalue weighted by molar-refractivity contribution is -0.118. The molecule has 2 amide bonds. The number of benzene rings is 2. The highest BCUT2D eigenvalue weighted by Gasteiger charge is 2.24. The van der Waals surface area contributed by atoms with Crippen LogP contribution in [0.25, 0.3) is 0 Å². The van der Waals surface area contributed by atoms with Gasteiger partial charge < -0.3 is 15.5 Å². The van der Waals surface area contributed by atoms with E-state index in [0.717, 1.165) is 19.6 Å². The monoisotopic (exact) mass is 462 g/mol. The Labute approximate surface area is 193 Å². The van der Waals surface area contributed by atoms with Crippen molar-refractivity contribution in [1.82, 2.24) is 9.80 Å². The molecule has 1 unspecified atom stereocenters. The lowest BCUT2D eigenvalue weighted by Gasteiger charge is -2.39. The van der Waals surface area contributed by atoms with E-state index in [2.05, 4.69) is 27.4 Å². The smallest absolute Gasteiger partial charge is 0.225 e. The van der Waals surface area contributed by atoms with Crippen molar-refractivity contribution in [3.05, 3.63) is 58.6 Å². The van der Waals surface area contributed by atoms with Crippen LogP contribution in [-0.4, -0.2) is 60.4 Å². The van der Waals surface area contributed by atoms with Crippen molar-refractivity contribution in [2.45, 2.75) is 25.8 Å². The topological polar surface area (TPSA) is 64.7 Å². The molecule has 166 valence electrons. The standard InChI is InChI=1S/C23H28Cl2N4O2/c1-17-16-28(12-10-22(30)26-20-8-4-2-6-18(20)24)14-15-29(17)13-11-23(31)27-21-9-5-3-7-19(21)25/h2-9,17H,10-16H2,1H3,(H,26,30)(H,27,31). The molecule has 1 atom stereocenters. The van der Waals surface area contributed by atoms with Crippen LogP contribution in [0.15, 0.2) is 48.5 Å². The molecular formula is C23H28Cl2N4O2. The molecule has 1 heterocycles. The van der Waals surface area contributed by atoms with Crippen LogP contribution < -0.4 is 10.6 Å². The van der Waals surface area contributed by atoms with Gasteiger partial charge in [-0.05, 0) is 31.2 Å². The number of hydrogen-bond acceptors (Lipinski definition) is 4. The molecule has 1 aliphatic heterocycles. The first-order chi connectivity index (χ1) is 14.9. The number of carbonyl (C=O) groups is 2. The van der Waals surface area contributed by atoms with Gasteiger partial charge in [0.2, 0.25) is 11.8 Å². The van der Waals surface area contributed by atoms with Crippen LogP contribution in [0.4, 0.5) is 11.4 Å². The number of carbonyl (C=O) groups excluding carboxylic acids is 2. The summed E-state index contributed by atoms with van der Waals surface area (Å²) in [5.74, 6) is -0.0848. The minimum absolute atomic E-state index is 0.0422. The fourth-order valence-electron chi connectivity index (χ4n) is 3.66. The van der Waals surface area contributed by atoms with E-state index in [9.17, 15) is 9.59 Å². The van der Waals surface area contributed by atoms with Crippen molar-refractivity contribution >= 4 is 46.4 Å². The molecule has 0 aliphatic carbocycles. The maximum absolute atomic E-state index is 12.3. The van der Waals surface area contributed by atoms with Gasteiger partial charge in [0.1, 0.15) is 0 Å². The maximum atomic E-state index is 12.3. The molecule has 1 aliphatic rings. The van der Waals surface area contributed by atoms with Crippen molar-refractivity contribution in [3.8, 4) is 0 Å². The second-order valence-corrected chi connectivity index (χ2v) is 8.56. The fraction of sp³-hybridized carbons (Fsp3) is 0.391. The van der Waals surface area contributed by atoms with Gasteiger partial charge in [-0.2, -0.15) is 0 Å². The minimum atomic E-state index is -0.0426. The normalized spacial score (nSPS) is 17.3. The Bertz CT molecular complexity index is 909. The second-order valence-electron chi connectivity index (χ2n) is 7.74. The predicted octanol–water partition coefficient (Wildman–Crippen LogP) is 4.36. The van der Waals surface area contributed by atoms with Gasteiger partial charge in [0.05, 0.1) is 21.4 Å². The number of para-hydroxylation sites is 2. The summed E-state index contributed by atoms with van der Waals surface area (Å²) in [6.07, 6.45) is 0.827. The van der Waals surface area contributed by atoms with Gasteiger partial charge in [0.25, 0.3) is 0 Å². The van der Waals surface area contributed by atoms with Gasteiger partial charge in [0.15, 0.2) is 0 Å². The zero-order chi connectivity index (χ0) is 22.2. The Kier molecular flexibility index (Phi) is 8.72. The quantitative estimate of drug-likeness (QED) is 0.611. The lowest BCUT2D eigenvalue weighted by atomic mass is 10.1. The maximum Gasteiger partial charge on any atom is 0.225 e. The summed E-state index contributed by atoms with van der Waals surface area (Å²) in [6.45, 7) is 6.15. The molecule has 2 N–H and O–H groups in total. The van der Waals surface area contributed by atoms with Gasteiger partial charge >= 0.3 is 0 Å². The number of rotatable bonds is 8. The summed E-state index contributed by atoms with van der Waals surface area (Å²) in [5, 5.41) is 6.81. The van der Waals surface area contributed by atoms with Crippen LogP contribution in [-0.2, 0) is 9.59 Å². The van der Waals surface area contributed by atoms with Crippen LogP contribution in [0.1, 0.15) is 19.8 Å².